The number of hydrogen-bond donors (Lipinski definition) is 1. The van der Waals surface area contributed by atoms with Crippen molar-refractivity contribution >= 4 is 16.8 Å². The highest BCUT2D eigenvalue weighted by molar-refractivity contribution is 5.80. The number of carbonyl (C=O) groups is 1. The molecular weight excluding hydrogens is 240 g/mol. The van der Waals surface area contributed by atoms with E-state index >= 15 is 0 Å². The van der Waals surface area contributed by atoms with Crippen LogP contribution in [0.4, 0.5) is 0 Å². The smallest absolute Gasteiger partial charge is 0.372 e. The minimum absolute atomic E-state index is 0.238. The van der Waals surface area contributed by atoms with Gasteiger partial charge in [0.2, 0.25) is 0 Å². The van der Waals surface area contributed by atoms with Crippen molar-refractivity contribution in [2.75, 3.05) is 7.11 Å². The number of benzene rings is 1. The first-order valence-corrected chi connectivity index (χ1v) is 5.08. The zero-order valence-electron chi connectivity index (χ0n) is 9.50. The largest absolute Gasteiger partial charge is 0.422 e. The van der Waals surface area contributed by atoms with Crippen LogP contribution in [0.25, 0.3) is 10.9 Å². The Balaban J connectivity index is 2.60. The highest BCUT2D eigenvalue weighted by Gasteiger charge is 2.11. The van der Waals surface area contributed by atoms with Gasteiger partial charge in [-0.2, -0.15) is 0 Å². The van der Waals surface area contributed by atoms with Gasteiger partial charge >= 0.3 is 11.4 Å². The average Bonchev–Trinajstić information content (AvgIpc) is 2.35. The van der Waals surface area contributed by atoms with Crippen LogP contribution >= 0.6 is 0 Å². The minimum atomic E-state index is -0.884. The number of aromatic nitrogens is 1. The summed E-state index contributed by atoms with van der Waals surface area (Å²) in [5.74, 6) is -1.41. The van der Waals surface area contributed by atoms with Crippen molar-refractivity contribution in [3.63, 3.8) is 0 Å². The predicted molar refractivity (Wildman–Crippen MR) is 61.9 cm³/mol. The van der Waals surface area contributed by atoms with Crippen LogP contribution < -0.4 is 16.9 Å². The molecule has 2 rings (SSSR count). The zero-order chi connectivity index (χ0) is 13.1. The molecular formula is C11H10N2O5. The summed E-state index contributed by atoms with van der Waals surface area (Å²) < 4.78 is 5.59. The second kappa shape index (κ2) is 4.84. The Hall–Kier alpha value is -2.41. The number of carbonyl (C=O) groups excluding carboxylic acids is 1. The fourth-order valence-corrected chi connectivity index (χ4v) is 1.61. The molecule has 0 unspecified atom stereocenters. The first-order chi connectivity index (χ1) is 8.63. The summed E-state index contributed by atoms with van der Waals surface area (Å²) in [5, 5.41) is 0.238. The van der Waals surface area contributed by atoms with E-state index in [0.29, 0.717) is 5.52 Å². The van der Waals surface area contributed by atoms with Gasteiger partial charge < -0.3 is 4.42 Å². The van der Waals surface area contributed by atoms with Gasteiger partial charge in [-0.05, 0) is 12.1 Å². The Morgan fingerprint density at radius 3 is 2.83 bits per heavy atom. The number of nitrogens with zero attached hydrogens (tertiary/aromatic N) is 1. The van der Waals surface area contributed by atoms with Crippen molar-refractivity contribution in [2.24, 2.45) is 0 Å². The SMILES string of the molecule is CONC(=O)Cn1c(=O)oc(=O)c2ccccc21. The van der Waals surface area contributed by atoms with Gasteiger partial charge in [0.15, 0.2) is 0 Å². The molecule has 0 atom stereocenters. The molecule has 0 saturated heterocycles. The van der Waals surface area contributed by atoms with E-state index in [0.717, 1.165) is 4.57 Å². The maximum atomic E-state index is 11.6. The van der Waals surface area contributed by atoms with Crippen LogP contribution in [0.5, 0.6) is 0 Å². The van der Waals surface area contributed by atoms with Gasteiger partial charge in [0.1, 0.15) is 6.54 Å². The highest BCUT2D eigenvalue weighted by Crippen LogP contribution is 2.06. The molecule has 0 radical (unpaired) electrons. The van der Waals surface area contributed by atoms with E-state index < -0.39 is 17.3 Å². The molecule has 1 aromatic carbocycles. The molecule has 2 aromatic rings. The molecule has 94 valence electrons. The van der Waals surface area contributed by atoms with E-state index in [2.05, 4.69) is 14.7 Å². The Kier molecular flexibility index (Phi) is 3.24. The predicted octanol–water partition coefficient (Wildman–Crippen LogP) is -0.368. The number of para-hydroxylation sites is 1. The minimum Gasteiger partial charge on any atom is -0.372 e. The summed E-state index contributed by atoms with van der Waals surface area (Å²) in [5.41, 5.74) is 1.70. The van der Waals surface area contributed by atoms with E-state index in [9.17, 15) is 14.4 Å². The fourth-order valence-electron chi connectivity index (χ4n) is 1.61. The van der Waals surface area contributed by atoms with Crippen molar-refractivity contribution in [3.8, 4) is 0 Å². The van der Waals surface area contributed by atoms with Crippen LogP contribution in [0.2, 0.25) is 0 Å². The topological polar surface area (TPSA) is 90.5 Å². The summed E-state index contributed by atoms with van der Waals surface area (Å²) in [6.45, 7) is -0.295. The van der Waals surface area contributed by atoms with Crippen molar-refractivity contribution in [2.45, 2.75) is 6.54 Å². The molecule has 0 spiro atoms. The molecule has 7 nitrogen and oxygen atoms in total. The van der Waals surface area contributed by atoms with Gasteiger partial charge in [-0.15, -0.1) is 0 Å². The Morgan fingerprint density at radius 1 is 1.39 bits per heavy atom. The molecule has 1 amide bonds. The lowest BCUT2D eigenvalue weighted by atomic mass is 10.2. The number of rotatable bonds is 3. The summed E-state index contributed by atoms with van der Waals surface area (Å²) in [6, 6.07) is 6.38. The quantitative estimate of drug-likeness (QED) is 0.751. The van der Waals surface area contributed by atoms with Gasteiger partial charge in [-0.1, -0.05) is 12.1 Å². The molecule has 1 N–H and O–H groups in total. The monoisotopic (exact) mass is 250 g/mol. The first-order valence-electron chi connectivity index (χ1n) is 5.08. The molecule has 0 saturated carbocycles. The summed E-state index contributed by atoms with van der Waals surface area (Å²) >= 11 is 0. The Bertz CT molecular complexity index is 700. The van der Waals surface area contributed by atoms with E-state index in [1.165, 1.54) is 13.2 Å². The van der Waals surface area contributed by atoms with Crippen molar-refractivity contribution < 1.29 is 14.0 Å². The van der Waals surface area contributed by atoms with Gasteiger partial charge in [-0.3, -0.25) is 14.2 Å². The van der Waals surface area contributed by atoms with Gasteiger partial charge in [0.25, 0.3) is 5.91 Å². The number of nitrogens with one attached hydrogen (secondary N) is 1. The lowest BCUT2D eigenvalue weighted by molar-refractivity contribution is -0.132. The van der Waals surface area contributed by atoms with Crippen LogP contribution in [0.1, 0.15) is 0 Å². The first kappa shape index (κ1) is 12.1. The van der Waals surface area contributed by atoms with E-state index in [-0.39, 0.29) is 11.9 Å². The van der Waals surface area contributed by atoms with Crippen LogP contribution in [0.15, 0.2) is 38.3 Å². The number of hydroxylamine groups is 1. The van der Waals surface area contributed by atoms with Crippen molar-refractivity contribution in [1.29, 1.82) is 0 Å². The maximum Gasteiger partial charge on any atom is 0.422 e. The third-order valence-corrected chi connectivity index (χ3v) is 2.33. The van der Waals surface area contributed by atoms with Gasteiger partial charge in [-0.25, -0.2) is 15.1 Å². The molecule has 0 bridgehead atoms. The lowest BCUT2D eigenvalue weighted by Crippen LogP contribution is -2.33. The van der Waals surface area contributed by atoms with Crippen molar-refractivity contribution in [3.05, 3.63) is 45.2 Å². The average molecular weight is 250 g/mol. The zero-order valence-corrected chi connectivity index (χ0v) is 9.50. The summed E-state index contributed by atoms with van der Waals surface area (Å²) in [7, 11) is 1.28. The van der Waals surface area contributed by atoms with Gasteiger partial charge in [0, 0.05) is 0 Å². The van der Waals surface area contributed by atoms with Crippen LogP contribution in [-0.2, 0) is 16.2 Å². The van der Waals surface area contributed by atoms with E-state index in [1.54, 1.807) is 18.2 Å². The molecule has 0 fully saturated rings. The molecule has 18 heavy (non-hydrogen) atoms. The van der Waals surface area contributed by atoms with Crippen molar-refractivity contribution in [1.82, 2.24) is 10.0 Å². The van der Waals surface area contributed by atoms with Crippen LogP contribution in [-0.4, -0.2) is 17.6 Å². The number of hydrogen-bond acceptors (Lipinski definition) is 5. The second-order valence-electron chi connectivity index (χ2n) is 3.49. The summed E-state index contributed by atoms with van der Waals surface area (Å²) in [6.07, 6.45) is 0. The Labute approximate surface area is 101 Å². The molecule has 0 aliphatic carbocycles. The number of fused-ring (bicyclic) bond motifs is 1. The number of amides is 1. The maximum absolute atomic E-state index is 11.6. The standard InChI is InChI=1S/C11H10N2O5/c1-17-12-9(14)6-13-8-5-3-2-4-7(8)10(15)18-11(13)16/h2-5H,6H2,1H3,(H,12,14). The molecule has 7 heteroatoms. The fraction of sp³-hybridized carbons (Fsp3) is 0.182. The molecule has 0 aliphatic rings. The molecule has 1 aromatic heterocycles. The van der Waals surface area contributed by atoms with E-state index in [4.69, 9.17) is 0 Å². The van der Waals surface area contributed by atoms with Gasteiger partial charge in [0.05, 0.1) is 18.0 Å². The normalized spacial score (nSPS) is 10.5. The third-order valence-electron chi connectivity index (χ3n) is 2.33. The van der Waals surface area contributed by atoms with Crippen LogP contribution in [0, 0.1) is 0 Å². The molecule has 0 aliphatic heterocycles. The van der Waals surface area contributed by atoms with E-state index in [1.807, 2.05) is 0 Å². The second-order valence-corrected chi connectivity index (χ2v) is 3.49. The molecule has 1 heterocycles. The van der Waals surface area contributed by atoms with Crippen LogP contribution in [0.3, 0.4) is 0 Å². The Morgan fingerprint density at radius 2 is 2.11 bits per heavy atom. The highest BCUT2D eigenvalue weighted by atomic mass is 16.6. The third kappa shape index (κ3) is 2.16. The summed E-state index contributed by atoms with van der Waals surface area (Å²) in [4.78, 5) is 38.8. The lowest BCUT2D eigenvalue weighted by Gasteiger charge is -2.07.